The lowest BCUT2D eigenvalue weighted by molar-refractivity contribution is -0.113. The van der Waals surface area contributed by atoms with E-state index >= 15 is 0 Å². The van der Waals surface area contributed by atoms with Crippen molar-refractivity contribution >= 4 is 40.9 Å². The van der Waals surface area contributed by atoms with E-state index in [1.165, 1.54) is 0 Å². The minimum atomic E-state index is -0.438. The van der Waals surface area contributed by atoms with Gasteiger partial charge in [0.05, 0.1) is 17.9 Å². The summed E-state index contributed by atoms with van der Waals surface area (Å²) in [7, 11) is 0. The molecular weight excluding hydrogens is 402 g/mol. The number of rotatable bonds is 7. The van der Waals surface area contributed by atoms with Crippen LogP contribution in [-0.2, 0) is 9.53 Å². The first kappa shape index (κ1) is 19.9. The molecule has 1 aromatic heterocycles. The molecule has 0 aliphatic rings. The number of anilines is 1. The predicted molar refractivity (Wildman–Crippen MR) is 106 cm³/mol. The van der Waals surface area contributed by atoms with Crippen LogP contribution >= 0.6 is 23.4 Å². The quantitative estimate of drug-likeness (QED) is 0.452. The zero-order valence-electron chi connectivity index (χ0n) is 14.8. The Morgan fingerprint density at radius 3 is 2.79 bits per heavy atom. The highest BCUT2D eigenvalue weighted by molar-refractivity contribution is 7.99. The van der Waals surface area contributed by atoms with Crippen molar-refractivity contribution in [1.82, 2.24) is 10.2 Å². The number of halogens is 1. The second kappa shape index (κ2) is 9.38. The van der Waals surface area contributed by atoms with Crippen LogP contribution in [0.2, 0.25) is 5.02 Å². The molecule has 1 amide bonds. The summed E-state index contributed by atoms with van der Waals surface area (Å²) in [6.07, 6.45) is 0. The Balaban J connectivity index is 1.56. The molecule has 0 aliphatic heterocycles. The molecule has 0 saturated heterocycles. The van der Waals surface area contributed by atoms with Crippen LogP contribution in [0.5, 0.6) is 0 Å². The highest BCUT2D eigenvalue weighted by Gasteiger charge is 2.13. The maximum atomic E-state index is 12.2. The largest absolute Gasteiger partial charge is 0.462 e. The number of thioether (sulfide) groups is 1. The van der Waals surface area contributed by atoms with Gasteiger partial charge in [-0.1, -0.05) is 35.5 Å². The van der Waals surface area contributed by atoms with Crippen molar-refractivity contribution in [3.8, 4) is 11.5 Å². The van der Waals surface area contributed by atoms with Gasteiger partial charge in [0.25, 0.3) is 5.22 Å². The zero-order chi connectivity index (χ0) is 19.9. The van der Waals surface area contributed by atoms with Gasteiger partial charge >= 0.3 is 5.97 Å². The van der Waals surface area contributed by atoms with Crippen LogP contribution < -0.4 is 5.32 Å². The van der Waals surface area contributed by atoms with Crippen LogP contribution in [0, 0.1) is 0 Å². The summed E-state index contributed by atoms with van der Waals surface area (Å²) >= 11 is 7.06. The molecule has 3 aromatic rings. The Morgan fingerprint density at radius 1 is 1.18 bits per heavy atom. The Kier molecular flexibility index (Phi) is 6.67. The summed E-state index contributed by atoms with van der Waals surface area (Å²) < 4.78 is 10.5. The molecule has 28 heavy (non-hydrogen) atoms. The number of nitrogens with one attached hydrogen (secondary N) is 1. The lowest BCUT2D eigenvalue weighted by atomic mass is 10.2. The zero-order valence-corrected chi connectivity index (χ0v) is 16.4. The van der Waals surface area contributed by atoms with Crippen molar-refractivity contribution in [2.24, 2.45) is 0 Å². The summed E-state index contributed by atoms with van der Waals surface area (Å²) in [6, 6.07) is 13.6. The van der Waals surface area contributed by atoms with Crippen molar-refractivity contribution in [1.29, 1.82) is 0 Å². The number of ether oxygens (including phenoxy) is 1. The standard InChI is InChI=1S/C19H16ClN3O4S/c1-2-26-18(25)13-6-4-8-15(10-13)21-16(24)11-28-19-23-22-17(27-19)12-5-3-7-14(20)9-12/h3-10H,2,11H2,1H3,(H,21,24). The topological polar surface area (TPSA) is 94.3 Å². The summed E-state index contributed by atoms with van der Waals surface area (Å²) in [5.74, 6) is -0.311. The molecule has 0 saturated carbocycles. The summed E-state index contributed by atoms with van der Waals surface area (Å²) in [6.45, 7) is 2.02. The Morgan fingerprint density at radius 2 is 2.00 bits per heavy atom. The van der Waals surface area contributed by atoms with E-state index in [0.717, 1.165) is 11.8 Å². The molecule has 0 atom stereocenters. The molecule has 0 radical (unpaired) electrons. The maximum absolute atomic E-state index is 12.2. The molecule has 0 bridgehead atoms. The number of aromatic nitrogens is 2. The molecule has 0 fully saturated rings. The second-order valence-electron chi connectivity index (χ2n) is 5.52. The third kappa shape index (κ3) is 5.34. The highest BCUT2D eigenvalue weighted by atomic mass is 35.5. The number of benzene rings is 2. The minimum Gasteiger partial charge on any atom is -0.462 e. The van der Waals surface area contributed by atoms with Crippen molar-refractivity contribution in [2.45, 2.75) is 12.1 Å². The predicted octanol–water partition coefficient (Wildman–Crippen LogP) is 4.30. The SMILES string of the molecule is CCOC(=O)c1cccc(NC(=O)CSc2nnc(-c3cccc(Cl)c3)o2)c1. The van der Waals surface area contributed by atoms with Crippen LogP contribution in [-0.4, -0.2) is 34.4 Å². The van der Waals surface area contributed by atoms with Gasteiger partial charge in [0.1, 0.15) is 0 Å². The number of carbonyl (C=O) groups is 2. The van der Waals surface area contributed by atoms with E-state index in [2.05, 4.69) is 15.5 Å². The van der Waals surface area contributed by atoms with Crippen LogP contribution in [0.15, 0.2) is 58.2 Å². The Labute approximate surface area is 170 Å². The molecular formula is C19H16ClN3O4S. The van der Waals surface area contributed by atoms with Gasteiger partial charge < -0.3 is 14.5 Å². The maximum Gasteiger partial charge on any atom is 0.338 e. The third-order valence-corrected chi connectivity index (χ3v) is 4.52. The van der Waals surface area contributed by atoms with Gasteiger partial charge in [-0.25, -0.2) is 4.79 Å². The number of hydrogen-bond donors (Lipinski definition) is 1. The van der Waals surface area contributed by atoms with Gasteiger partial charge in [0, 0.05) is 16.3 Å². The van der Waals surface area contributed by atoms with Crippen LogP contribution in [0.3, 0.4) is 0 Å². The molecule has 7 nitrogen and oxygen atoms in total. The van der Waals surface area contributed by atoms with Crippen molar-refractivity contribution in [3.05, 3.63) is 59.1 Å². The van der Waals surface area contributed by atoms with E-state index in [1.807, 2.05) is 0 Å². The van der Waals surface area contributed by atoms with Gasteiger partial charge in [0.15, 0.2) is 0 Å². The lowest BCUT2D eigenvalue weighted by Crippen LogP contribution is -2.14. The molecule has 0 spiro atoms. The van der Waals surface area contributed by atoms with Gasteiger partial charge in [-0.2, -0.15) is 0 Å². The summed E-state index contributed by atoms with van der Waals surface area (Å²) in [4.78, 5) is 23.9. The summed E-state index contributed by atoms with van der Waals surface area (Å²) in [5.41, 5.74) is 1.57. The monoisotopic (exact) mass is 417 g/mol. The minimum absolute atomic E-state index is 0.0703. The number of amides is 1. The average molecular weight is 418 g/mol. The van der Waals surface area contributed by atoms with E-state index in [1.54, 1.807) is 55.5 Å². The summed E-state index contributed by atoms with van der Waals surface area (Å²) in [5, 5.41) is 11.4. The molecule has 9 heteroatoms. The fourth-order valence-corrected chi connectivity index (χ4v) is 3.02. The first-order valence-electron chi connectivity index (χ1n) is 8.34. The van der Waals surface area contributed by atoms with Gasteiger partial charge in [-0.15, -0.1) is 10.2 Å². The normalized spacial score (nSPS) is 10.5. The van der Waals surface area contributed by atoms with Crippen molar-refractivity contribution in [2.75, 3.05) is 17.7 Å². The smallest absolute Gasteiger partial charge is 0.338 e. The molecule has 3 rings (SSSR count). The lowest BCUT2D eigenvalue weighted by Gasteiger charge is -2.06. The average Bonchev–Trinajstić information content (AvgIpc) is 3.16. The van der Waals surface area contributed by atoms with E-state index in [0.29, 0.717) is 27.7 Å². The fraction of sp³-hybridized carbons (Fsp3) is 0.158. The van der Waals surface area contributed by atoms with E-state index in [-0.39, 0.29) is 23.5 Å². The first-order chi connectivity index (χ1) is 13.5. The first-order valence-corrected chi connectivity index (χ1v) is 9.71. The molecule has 0 unspecified atom stereocenters. The van der Waals surface area contributed by atoms with E-state index < -0.39 is 5.97 Å². The van der Waals surface area contributed by atoms with Crippen molar-refractivity contribution < 1.29 is 18.7 Å². The molecule has 1 N–H and O–H groups in total. The molecule has 1 heterocycles. The van der Waals surface area contributed by atoms with E-state index in [4.69, 9.17) is 20.8 Å². The van der Waals surface area contributed by atoms with Gasteiger partial charge in [-0.3, -0.25) is 4.79 Å². The molecule has 2 aromatic carbocycles. The number of carbonyl (C=O) groups excluding carboxylic acids is 2. The van der Waals surface area contributed by atoms with Gasteiger partial charge in [-0.05, 0) is 43.3 Å². The Hall–Kier alpha value is -2.84. The third-order valence-electron chi connectivity index (χ3n) is 3.46. The fourth-order valence-electron chi connectivity index (χ4n) is 2.27. The highest BCUT2D eigenvalue weighted by Crippen LogP contribution is 2.25. The number of esters is 1. The van der Waals surface area contributed by atoms with Crippen LogP contribution in [0.1, 0.15) is 17.3 Å². The van der Waals surface area contributed by atoms with Crippen LogP contribution in [0.4, 0.5) is 5.69 Å². The molecule has 144 valence electrons. The van der Waals surface area contributed by atoms with Gasteiger partial charge in [0.2, 0.25) is 11.8 Å². The van der Waals surface area contributed by atoms with Crippen molar-refractivity contribution in [3.63, 3.8) is 0 Å². The number of hydrogen-bond acceptors (Lipinski definition) is 7. The Bertz CT molecular complexity index is 993. The van der Waals surface area contributed by atoms with Crippen LogP contribution in [0.25, 0.3) is 11.5 Å². The second-order valence-corrected chi connectivity index (χ2v) is 6.88. The number of nitrogens with zero attached hydrogens (tertiary/aromatic N) is 2. The van der Waals surface area contributed by atoms with E-state index in [9.17, 15) is 9.59 Å². The molecule has 0 aliphatic carbocycles.